The Morgan fingerprint density at radius 2 is 0.750 bits per heavy atom. The fourth-order valence-corrected chi connectivity index (χ4v) is 15.2. The van der Waals surface area contributed by atoms with Gasteiger partial charge >= 0.3 is 33.3 Å². The summed E-state index contributed by atoms with van der Waals surface area (Å²) in [7, 11) is 0. The second-order valence-corrected chi connectivity index (χ2v) is 36.6. The van der Waals surface area contributed by atoms with Gasteiger partial charge < -0.3 is 135 Å². The first-order valence-corrected chi connectivity index (χ1v) is 45.3. The summed E-state index contributed by atoms with van der Waals surface area (Å²) in [5, 5.41) is 92.9. The number of carbonyl (C=O) groups excluding carboxylic acids is 2. The van der Waals surface area contributed by atoms with Gasteiger partial charge in [-0.1, -0.05) is 93.8 Å². The van der Waals surface area contributed by atoms with E-state index in [9.17, 15) is 73.8 Å². The number of nitrogens with one attached hydrogen (secondary N) is 1. The highest BCUT2D eigenvalue weighted by Crippen LogP contribution is 2.55. The lowest BCUT2D eigenvalue weighted by molar-refractivity contribution is -0.282. The van der Waals surface area contributed by atoms with Crippen molar-refractivity contribution in [2.75, 3.05) is 139 Å². The minimum atomic E-state index is -4.08. The van der Waals surface area contributed by atoms with Crippen molar-refractivity contribution in [3.05, 3.63) is 35.9 Å². The Labute approximate surface area is 628 Å². The number of carbonyl (C=O) groups is 2. The van der Waals surface area contributed by atoms with Crippen molar-refractivity contribution in [3.63, 3.8) is 0 Å². The molecule has 43 heteroatoms. The predicted octanol–water partition coefficient (Wildman–Crippen LogP) is 5.49. The fourth-order valence-electron chi connectivity index (χ4n) is 10.3. The molecule has 1 amide bonds. The number of aliphatic hydroxyl groups is 9. The minimum absolute atomic E-state index is 0.00199. The summed E-state index contributed by atoms with van der Waals surface area (Å²) in [6, 6.07) is 7.70. The monoisotopic (exact) mass is 1650 g/mol. The molecule has 608 valence electrons. The van der Waals surface area contributed by atoms with Gasteiger partial charge in [-0.25, -0.2) is 23.1 Å². The SMILES string of the molecule is CC(=O)NC1[C@H](OCCCCOP(=O)(S)OCCCOCC(COCCCCCCOP(=O)(S)OC(=O)OCc2ccccc2)(COCCCOP(=O)(S)OCCCCO[C@@H]2OC(CO)[C@@H](O)[C@H](O)C2C)COCCCOP(=O)(S)OCCCO[C@@H]2OC(CO)[C@H](O)[C@H](O)C2C)OC(CO)[C@@H](O)[C@@H]1O. The van der Waals surface area contributed by atoms with Crippen molar-refractivity contribution in [2.45, 2.75) is 184 Å². The molecule has 0 aromatic heterocycles. The third-order valence-corrected chi connectivity index (χ3v) is 22.7. The summed E-state index contributed by atoms with van der Waals surface area (Å²) in [6.45, 7) is -12.7. The Bertz CT molecular complexity index is 2700. The number of amides is 1. The maximum atomic E-state index is 13.2. The lowest BCUT2D eigenvalue weighted by atomic mass is 9.92. The van der Waals surface area contributed by atoms with E-state index in [1.54, 1.807) is 44.2 Å². The minimum Gasteiger partial charge on any atom is -0.429 e. The van der Waals surface area contributed by atoms with Gasteiger partial charge in [0.2, 0.25) is 5.91 Å². The van der Waals surface area contributed by atoms with E-state index >= 15 is 0 Å². The molecule has 0 saturated carbocycles. The molecule has 3 aliphatic rings. The van der Waals surface area contributed by atoms with Gasteiger partial charge in [-0.2, -0.15) is 0 Å². The van der Waals surface area contributed by atoms with Gasteiger partial charge in [0.05, 0.1) is 117 Å². The number of unbranched alkanes of at least 4 members (excludes halogenated alkanes) is 5. The number of hydrogen-bond acceptors (Lipinski definition) is 34. The molecule has 4 rings (SSSR count). The number of ether oxygens (including phenoxy) is 11. The predicted molar refractivity (Wildman–Crippen MR) is 384 cm³/mol. The van der Waals surface area contributed by atoms with Crippen LogP contribution in [0.5, 0.6) is 0 Å². The molecule has 1 aromatic rings. The Morgan fingerprint density at radius 3 is 1.15 bits per heavy atom. The summed E-state index contributed by atoms with van der Waals surface area (Å²) in [5.74, 6) is -1.68. The first-order chi connectivity index (χ1) is 49.5. The van der Waals surface area contributed by atoms with Crippen LogP contribution in [0.3, 0.4) is 0 Å². The van der Waals surface area contributed by atoms with Crippen LogP contribution in [-0.4, -0.2) is 277 Å². The van der Waals surface area contributed by atoms with E-state index in [4.69, 9.17) is 88.3 Å². The molecule has 10 N–H and O–H groups in total. The van der Waals surface area contributed by atoms with Gasteiger partial charge in [-0.15, -0.1) is 0 Å². The first-order valence-electron chi connectivity index (χ1n) is 34.5. The molecule has 0 radical (unpaired) electrons. The van der Waals surface area contributed by atoms with E-state index in [1.165, 1.54) is 6.92 Å². The van der Waals surface area contributed by atoms with E-state index in [1.807, 2.05) is 0 Å². The summed E-state index contributed by atoms with van der Waals surface area (Å²) in [6.07, 6.45) is -10.6. The van der Waals surface area contributed by atoms with Crippen molar-refractivity contribution in [1.29, 1.82) is 0 Å². The fraction of sp³-hybridized carbons (Fsp3) is 0.869. The van der Waals surface area contributed by atoms with Crippen LogP contribution in [0.4, 0.5) is 4.79 Å². The normalized spacial score (nSPS) is 28.1. The second kappa shape index (κ2) is 51.8. The van der Waals surface area contributed by atoms with Crippen molar-refractivity contribution >= 4 is 88.2 Å². The summed E-state index contributed by atoms with van der Waals surface area (Å²) < 4.78 is 159. The van der Waals surface area contributed by atoms with Crippen LogP contribution in [0.15, 0.2) is 30.3 Å². The lowest BCUT2D eigenvalue weighted by Gasteiger charge is -2.42. The van der Waals surface area contributed by atoms with Gasteiger partial charge in [0.15, 0.2) is 18.9 Å². The van der Waals surface area contributed by atoms with Gasteiger partial charge in [0.1, 0.15) is 55.4 Å². The molecule has 0 bridgehead atoms. The molecule has 3 aliphatic heterocycles. The van der Waals surface area contributed by atoms with E-state index < -0.39 is 156 Å². The summed E-state index contributed by atoms with van der Waals surface area (Å²) in [5.41, 5.74) is -0.328. The van der Waals surface area contributed by atoms with Crippen LogP contribution >= 0.6 is 76.2 Å². The summed E-state index contributed by atoms with van der Waals surface area (Å²) >= 11 is 16.2. The molecule has 0 spiro atoms. The van der Waals surface area contributed by atoms with Crippen LogP contribution < -0.4 is 5.32 Å². The average Bonchev–Trinajstić information content (AvgIpc) is 0.819. The molecule has 0 aliphatic carbocycles. The van der Waals surface area contributed by atoms with Crippen molar-refractivity contribution in [2.24, 2.45) is 17.3 Å². The van der Waals surface area contributed by atoms with Crippen LogP contribution in [-0.2, 0) is 118 Å². The van der Waals surface area contributed by atoms with Crippen LogP contribution in [0, 0.1) is 17.3 Å². The first kappa shape index (κ1) is 95.6. The van der Waals surface area contributed by atoms with Gasteiger partial charge in [0, 0.05) is 58.4 Å². The highest BCUT2D eigenvalue weighted by atomic mass is 32.7. The molecule has 3 heterocycles. The Kier molecular flexibility index (Phi) is 47.6. The largest absolute Gasteiger partial charge is 0.515 e. The molecule has 3 fully saturated rings. The Balaban J connectivity index is 1.32. The quantitative estimate of drug-likeness (QED) is 0.0166. The number of thiol groups is 4. The average molecular weight is 1650 g/mol. The molecule has 20 atom stereocenters. The highest BCUT2D eigenvalue weighted by Gasteiger charge is 2.47. The molecule has 11 unspecified atom stereocenters. The third-order valence-electron chi connectivity index (χ3n) is 16.1. The van der Waals surface area contributed by atoms with E-state index in [2.05, 4.69) is 54.3 Å². The van der Waals surface area contributed by atoms with Crippen LogP contribution in [0.2, 0.25) is 0 Å². The third kappa shape index (κ3) is 38.2. The molecule has 1 aromatic carbocycles. The number of aliphatic hydroxyl groups excluding tert-OH is 9. The maximum Gasteiger partial charge on any atom is 0.515 e. The zero-order chi connectivity index (χ0) is 76.6. The van der Waals surface area contributed by atoms with E-state index in [0.29, 0.717) is 56.9 Å². The van der Waals surface area contributed by atoms with Crippen molar-refractivity contribution < 1.29 is 162 Å². The standard InChI is InChI=1S/C61H111NO34P4S4/c1-43-51(67)53(69)47(35-63)93-57(43)82-25-11-13-29-86-97(74,101)88-31-15-22-79-40-61(39-78-21-9-4-5-10-28-92-100(77,104)96-60(73)85-38-46-19-7-6-8-20-46,42-81-24-17-33-90-99(76,103)91-34-18-27-83-58-44(2)52(68)54(70)48(36-64)94-58)41-80-23-16-32-89-98(75,102)87-30-14-12-26-84-59-50(62-45(3)66)56(72)55(71)49(37-65)95-59/h6-8,19-20,43-44,47-59,63-65,67-72H,4-5,9-18,21-42H2,1-3H3,(H,62,66)(H,74,101)(H,75,102)(H,76,103)(H,77,104)/t43?,44?,47?,48?,49?,50?,51-,52-,53-,54+,55-,56-,57-,58-,59-,61?,97?,98?,99?,100?/m1/s1. The molecular weight excluding hydrogens is 1540 g/mol. The number of hydrogen-bond donors (Lipinski definition) is 14. The number of benzene rings is 1. The maximum absolute atomic E-state index is 13.2. The molecule has 35 nitrogen and oxygen atoms in total. The molecular formula is C61H111NO34P4S4. The Hall–Kier alpha value is -0.760. The van der Waals surface area contributed by atoms with E-state index in [0.717, 1.165) is 0 Å². The Morgan fingerprint density at radius 1 is 0.433 bits per heavy atom. The second-order valence-electron chi connectivity index (χ2n) is 25.0. The topological polar surface area (TPSA) is 472 Å². The lowest BCUT2D eigenvalue weighted by Crippen LogP contribution is -2.64. The smallest absolute Gasteiger partial charge is 0.429 e. The van der Waals surface area contributed by atoms with Gasteiger partial charge in [0.25, 0.3) is 0 Å². The van der Waals surface area contributed by atoms with Gasteiger partial charge in [-0.3, -0.25) is 9.32 Å². The highest BCUT2D eigenvalue weighted by molar-refractivity contribution is 8.45. The molecule has 104 heavy (non-hydrogen) atoms. The zero-order valence-corrected chi connectivity index (χ0v) is 66.1. The van der Waals surface area contributed by atoms with Crippen molar-refractivity contribution in [1.82, 2.24) is 5.32 Å². The summed E-state index contributed by atoms with van der Waals surface area (Å²) in [4.78, 5) is 24.0. The number of rotatable bonds is 58. The van der Waals surface area contributed by atoms with Crippen LogP contribution in [0.25, 0.3) is 0 Å². The van der Waals surface area contributed by atoms with Crippen LogP contribution in [0.1, 0.15) is 103 Å². The molecule has 3 saturated heterocycles. The van der Waals surface area contributed by atoms with Gasteiger partial charge in [-0.05, 0) is 82.0 Å². The van der Waals surface area contributed by atoms with Crippen molar-refractivity contribution in [3.8, 4) is 0 Å². The van der Waals surface area contributed by atoms with E-state index in [-0.39, 0.29) is 151 Å². The zero-order valence-electron chi connectivity index (χ0n) is 58.9.